The maximum absolute atomic E-state index is 12.0. The van der Waals surface area contributed by atoms with Crippen LogP contribution in [0.3, 0.4) is 0 Å². The monoisotopic (exact) mass is 382 g/mol. The van der Waals surface area contributed by atoms with Crippen molar-refractivity contribution >= 4 is 23.6 Å². The molecule has 0 saturated carbocycles. The van der Waals surface area contributed by atoms with E-state index in [1.807, 2.05) is 41.8 Å². The third kappa shape index (κ3) is 5.14. The predicted octanol–water partition coefficient (Wildman–Crippen LogP) is 1.58. The van der Waals surface area contributed by atoms with E-state index in [2.05, 4.69) is 26.0 Å². The summed E-state index contributed by atoms with van der Waals surface area (Å²) in [7, 11) is 0. The summed E-state index contributed by atoms with van der Waals surface area (Å²) in [5.41, 5.74) is 6.05. The van der Waals surface area contributed by atoms with Gasteiger partial charge in [-0.2, -0.15) is 0 Å². The smallest absolute Gasteiger partial charge is 0.288 e. The van der Waals surface area contributed by atoms with Crippen molar-refractivity contribution in [1.29, 1.82) is 0 Å². The van der Waals surface area contributed by atoms with Gasteiger partial charge in [0, 0.05) is 6.20 Å². The Balaban J connectivity index is 1.53. The predicted molar refractivity (Wildman–Crippen MR) is 101 cm³/mol. The van der Waals surface area contributed by atoms with Crippen LogP contribution >= 0.6 is 11.8 Å². The number of pyridine rings is 1. The van der Waals surface area contributed by atoms with Gasteiger partial charge in [0.25, 0.3) is 5.91 Å². The van der Waals surface area contributed by atoms with Crippen LogP contribution in [0.2, 0.25) is 0 Å². The number of rotatable bonds is 6. The van der Waals surface area contributed by atoms with E-state index in [4.69, 9.17) is 0 Å². The molecule has 0 fully saturated rings. The molecule has 0 spiro atoms. The van der Waals surface area contributed by atoms with E-state index in [1.165, 1.54) is 18.0 Å². The summed E-state index contributed by atoms with van der Waals surface area (Å²) in [6.45, 7) is 2.49. The Labute approximate surface area is 160 Å². The molecule has 0 bridgehead atoms. The molecule has 2 aromatic heterocycles. The fourth-order valence-corrected chi connectivity index (χ4v) is 3.05. The second-order valence-corrected chi connectivity index (χ2v) is 6.55. The molecule has 27 heavy (non-hydrogen) atoms. The molecule has 9 heteroatoms. The van der Waals surface area contributed by atoms with E-state index in [1.54, 1.807) is 18.2 Å². The zero-order chi connectivity index (χ0) is 19.1. The van der Waals surface area contributed by atoms with Crippen LogP contribution in [0.25, 0.3) is 0 Å². The molecule has 0 aliphatic heterocycles. The standard InChI is InChI=1S/C18H18N6O2S/c1-13-20-23-18(24(13)11-14-7-3-2-4-8-14)27-12-16(25)21-22-17(26)15-9-5-6-10-19-15/h2-10H,11-12H2,1H3,(H,21,25)(H,22,26). The molecule has 138 valence electrons. The lowest BCUT2D eigenvalue weighted by molar-refractivity contribution is -0.119. The van der Waals surface area contributed by atoms with E-state index in [0.717, 1.165) is 11.4 Å². The van der Waals surface area contributed by atoms with Gasteiger partial charge in [-0.1, -0.05) is 48.2 Å². The summed E-state index contributed by atoms with van der Waals surface area (Å²) in [6, 6.07) is 14.9. The molecule has 2 heterocycles. The Morgan fingerprint density at radius 2 is 1.81 bits per heavy atom. The van der Waals surface area contributed by atoms with Crippen molar-refractivity contribution in [3.8, 4) is 0 Å². The first-order chi connectivity index (χ1) is 13.1. The van der Waals surface area contributed by atoms with Crippen molar-refractivity contribution in [2.45, 2.75) is 18.6 Å². The quantitative estimate of drug-likeness (QED) is 0.496. The zero-order valence-corrected chi connectivity index (χ0v) is 15.4. The number of hydrogen-bond donors (Lipinski definition) is 2. The van der Waals surface area contributed by atoms with Gasteiger partial charge in [-0.05, 0) is 24.6 Å². The van der Waals surface area contributed by atoms with Gasteiger partial charge in [0.15, 0.2) is 5.16 Å². The minimum absolute atomic E-state index is 0.0927. The first-order valence-electron chi connectivity index (χ1n) is 8.20. The van der Waals surface area contributed by atoms with Gasteiger partial charge < -0.3 is 4.57 Å². The summed E-state index contributed by atoms with van der Waals surface area (Å²) in [4.78, 5) is 27.8. The normalized spacial score (nSPS) is 10.4. The number of carbonyl (C=O) groups is 2. The fourth-order valence-electron chi connectivity index (χ4n) is 2.27. The topological polar surface area (TPSA) is 102 Å². The highest BCUT2D eigenvalue weighted by Gasteiger charge is 2.13. The molecule has 0 atom stereocenters. The van der Waals surface area contributed by atoms with Crippen LogP contribution < -0.4 is 10.9 Å². The third-order valence-corrected chi connectivity index (χ3v) is 4.60. The summed E-state index contributed by atoms with van der Waals surface area (Å²) in [5, 5.41) is 8.85. The molecule has 0 unspecified atom stereocenters. The first kappa shape index (κ1) is 18.6. The van der Waals surface area contributed by atoms with Crippen molar-refractivity contribution in [2.75, 3.05) is 5.75 Å². The van der Waals surface area contributed by atoms with Gasteiger partial charge in [0.1, 0.15) is 11.5 Å². The van der Waals surface area contributed by atoms with Gasteiger partial charge in [0.2, 0.25) is 5.91 Å². The largest absolute Gasteiger partial charge is 0.302 e. The summed E-state index contributed by atoms with van der Waals surface area (Å²) < 4.78 is 1.94. The van der Waals surface area contributed by atoms with Gasteiger partial charge in [-0.15, -0.1) is 10.2 Å². The van der Waals surface area contributed by atoms with Gasteiger partial charge in [0.05, 0.1) is 12.3 Å². The second-order valence-electron chi connectivity index (χ2n) is 5.61. The molecule has 8 nitrogen and oxygen atoms in total. The average Bonchev–Trinajstić information content (AvgIpc) is 3.05. The lowest BCUT2D eigenvalue weighted by Gasteiger charge is -2.09. The second kappa shape index (κ2) is 8.95. The number of aromatic nitrogens is 4. The number of amides is 2. The third-order valence-electron chi connectivity index (χ3n) is 3.63. The van der Waals surface area contributed by atoms with Crippen LogP contribution in [0, 0.1) is 6.92 Å². The van der Waals surface area contributed by atoms with Crippen molar-refractivity contribution in [1.82, 2.24) is 30.6 Å². The Morgan fingerprint density at radius 3 is 2.56 bits per heavy atom. The molecule has 0 radical (unpaired) electrons. The Hall–Kier alpha value is -3.20. The summed E-state index contributed by atoms with van der Waals surface area (Å²) >= 11 is 1.25. The first-order valence-corrected chi connectivity index (χ1v) is 9.19. The van der Waals surface area contributed by atoms with Crippen LogP contribution in [0.1, 0.15) is 21.9 Å². The summed E-state index contributed by atoms with van der Waals surface area (Å²) in [6.07, 6.45) is 1.51. The minimum Gasteiger partial charge on any atom is -0.302 e. The highest BCUT2D eigenvalue weighted by atomic mass is 32.2. The molecule has 3 rings (SSSR count). The molecule has 1 aromatic carbocycles. The minimum atomic E-state index is -0.475. The van der Waals surface area contributed by atoms with Crippen molar-refractivity contribution in [3.63, 3.8) is 0 Å². The van der Waals surface area contributed by atoms with E-state index >= 15 is 0 Å². The Kier molecular flexibility index (Phi) is 6.16. The molecular formula is C18H18N6O2S. The highest BCUT2D eigenvalue weighted by molar-refractivity contribution is 7.99. The molecule has 2 amide bonds. The molecule has 0 saturated heterocycles. The number of aryl methyl sites for hydroxylation is 1. The van der Waals surface area contributed by atoms with E-state index in [-0.39, 0.29) is 17.4 Å². The van der Waals surface area contributed by atoms with Crippen LogP contribution in [-0.2, 0) is 11.3 Å². The molecule has 2 N–H and O–H groups in total. The number of hydrazine groups is 1. The summed E-state index contributed by atoms with van der Waals surface area (Å²) in [5.74, 6) is 0.0357. The number of hydrogen-bond acceptors (Lipinski definition) is 6. The SMILES string of the molecule is Cc1nnc(SCC(=O)NNC(=O)c2ccccn2)n1Cc1ccccc1. The Morgan fingerprint density at radius 1 is 1.04 bits per heavy atom. The lowest BCUT2D eigenvalue weighted by Crippen LogP contribution is -2.42. The number of nitrogens with one attached hydrogen (secondary N) is 2. The number of carbonyl (C=O) groups excluding carboxylic acids is 2. The zero-order valence-electron chi connectivity index (χ0n) is 14.6. The van der Waals surface area contributed by atoms with Gasteiger partial charge in [-0.25, -0.2) is 0 Å². The van der Waals surface area contributed by atoms with Crippen LogP contribution in [0.5, 0.6) is 0 Å². The van der Waals surface area contributed by atoms with Gasteiger partial charge in [-0.3, -0.25) is 25.4 Å². The number of nitrogens with zero attached hydrogens (tertiary/aromatic N) is 4. The van der Waals surface area contributed by atoms with Crippen molar-refractivity contribution in [3.05, 3.63) is 71.8 Å². The van der Waals surface area contributed by atoms with Crippen molar-refractivity contribution < 1.29 is 9.59 Å². The Bertz CT molecular complexity index is 914. The fraction of sp³-hybridized carbons (Fsp3) is 0.167. The van der Waals surface area contributed by atoms with E-state index in [9.17, 15) is 9.59 Å². The average molecular weight is 382 g/mol. The maximum Gasteiger partial charge on any atom is 0.288 e. The maximum atomic E-state index is 12.0. The van der Waals surface area contributed by atoms with Crippen molar-refractivity contribution in [2.24, 2.45) is 0 Å². The van der Waals surface area contributed by atoms with Crippen LogP contribution in [0.15, 0.2) is 59.9 Å². The van der Waals surface area contributed by atoms with Crippen LogP contribution in [0.4, 0.5) is 0 Å². The molecule has 0 aliphatic rings. The highest BCUT2D eigenvalue weighted by Crippen LogP contribution is 2.18. The van der Waals surface area contributed by atoms with E-state index < -0.39 is 5.91 Å². The van der Waals surface area contributed by atoms with Crippen LogP contribution in [-0.4, -0.2) is 37.3 Å². The molecule has 3 aromatic rings. The lowest BCUT2D eigenvalue weighted by atomic mass is 10.2. The molecule has 0 aliphatic carbocycles. The van der Waals surface area contributed by atoms with E-state index in [0.29, 0.717) is 11.7 Å². The van der Waals surface area contributed by atoms with Gasteiger partial charge >= 0.3 is 0 Å². The molecular weight excluding hydrogens is 364 g/mol. The number of thioether (sulfide) groups is 1. The number of benzene rings is 1.